The molecule has 0 amide bonds. The van der Waals surface area contributed by atoms with Gasteiger partial charge in [0.2, 0.25) is 5.72 Å². The Morgan fingerprint density at radius 3 is 2.65 bits per heavy atom. The number of carbonyl (C=O) groups excluding carboxylic acids is 1. The molecule has 3 atom stereocenters. The van der Waals surface area contributed by atoms with E-state index in [0.29, 0.717) is 15.1 Å². The van der Waals surface area contributed by atoms with Crippen LogP contribution < -0.4 is 24.4 Å². The SMILES string of the molecule is COC(=O)C1C2c3ccccc3O[C@@]1(C)N=c1sc(=Cc3ccc(OC)cc3)c(=O)n12. The molecule has 0 saturated heterocycles. The van der Waals surface area contributed by atoms with E-state index in [9.17, 15) is 9.59 Å². The van der Waals surface area contributed by atoms with E-state index in [2.05, 4.69) is 0 Å². The van der Waals surface area contributed by atoms with E-state index in [1.807, 2.05) is 54.6 Å². The van der Waals surface area contributed by atoms with E-state index in [0.717, 1.165) is 16.9 Å². The molecule has 1 aromatic heterocycles. The standard InChI is InChI=1S/C23H20N2O5S/c1-23-18(21(27)29-3)19(15-6-4-5-7-16(15)30-23)25-20(26)17(31-22(25)24-23)12-13-8-10-14(28-2)11-9-13/h4-12,18-19H,1-3H3/t18?,19?,23-/m1/s1. The average molecular weight is 436 g/mol. The number of aromatic nitrogens is 1. The number of para-hydroxylation sites is 1. The zero-order valence-electron chi connectivity index (χ0n) is 17.2. The van der Waals surface area contributed by atoms with Crippen molar-refractivity contribution in [2.45, 2.75) is 18.7 Å². The summed E-state index contributed by atoms with van der Waals surface area (Å²) < 4.78 is 18.6. The summed E-state index contributed by atoms with van der Waals surface area (Å²) in [6, 6.07) is 14.3. The van der Waals surface area contributed by atoms with Crippen LogP contribution in [0.2, 0.25) is 0 Å². The number of esters is 1. The number of methoxy groups -OCH3 is 2. The Labute approximate surface area is 181 Å². The van der Waals surface area contributed by atoms with Crippen molar-refractivity contribution in [2.24, 2.45) is 10.9 Å². The summed E-state index contributed by atoms with van der Waals surface area (Å²) in [6.07, 6.45) is 1.82. The molecule has 7 nitrogen and oxygen atoms in total. The molecule has 0 radical (unpaired) electrons. The predicted octanol–water partition coefficient (Wildman–Crippen LogP) is 1.87. The van der Waals surface area contributed by atoms with Crippen LogP contribution in [-0.4, -0.2) is 30.5 Å². The molecule has 2 unspecified atom stereocenters. The van der Waals surface area contributed by atoms with Gasteiger partial charge in [-0.25, -0.2) is 4.99 Å². The zero-order valence-corrected chi connectivity index (χ0v) is 18.0. The fourth-order valence-corrected chi connectivity index (χ4v) is 5.38. The molecule has 0 saturated carbocycles. The van der Waals surface area contributed by atoms with Crippen molar-refractivity contribution in [1.82, 2.24) is 4.57 Å². The molecule has 2 aliphatic heterocycles. The van der Waals surface area contributed by atoms with Gasteiger partial charge in [-0.1, -0.05) is 41.7 Å². The molecular weight excluding hydrogens is 416 g/mol. The molecule has 2 aliphatic rings. The number of rotatable bonds is 3. The van der Waals surface area contributed by atoms with E-state index in [1.165, 1.54) is 18.4 Å². The van der Waals surface area contributed by atoms with Gasteiger partial charge in [-0.2, -0.15) is 0 Å². The van der Waals surface area contributed by atoms with E-state index in [4.69, 9.17) is 19.2 Å². The molecule has 2 aromatic carbocycles. The minimum Gasteiger partial charge on any atom is -0.497 e. The minimum absolute atomic E-state index is 0.197. The average Bonchev–Trinajstić information content (AvgIpc) is 3.06. The second-order valence-corrected chi connectivity index (χ2v) is 8.60. The molecule has 8 heteroatoms. The lowest BCUT2D eigenvalue weighted by molar-refractivity contribution is -0.158. The number of carbonyl (C=O) groups is 1. The summed E-state index contributed by atoms with van der Waals surface area (Å²) in [4.78, 5) is 31.5. The van der Waals surface area contributed by atoms with Crippen molar-refractivity contribution in [2.75, 3.05) is 14.2 Å². The molecule has 0 spiro atoms. The molecule has 5 rings (SSSR count). The molecule has 158 valence electrons. The highest BCUT2D eigenvalue weighted by Gasteiger charge is 2.55. The third kappa shape index (κ3) is 2.97. The molecule has 31 heavy (non-hydrogen) atoms. The van der Waals surface area contributed by atoms with Crippen LogP contribution in [0.3, 0.4) is 0 Å². The summed E-state index contributed by atoms with van der Waals surface area (Å²) in [7, 11) is 2.94. The highest BCUT2D eigenvalue weighted by atomic mass is 32.1. The number of hydrogen-bond donors (Lipinski definition) is 0. The van der Waals surface area contributed by atoms with Crippen molar-refractivity contribution < 1.29 is 19.0 Å². The third-order valence-electron chi connectivity index (χ3n) is 5.75. The fourth-order valence-electron chi connectivity index (χ4n) is 4.28. The molecular formula is C23H20N2O5S. The van der Waals surface area contributed by atoms with E-state index in [-0.39, 0.29) is 5.56 Å². The lowest BCUT2D eigenvalue weighted by Gasteiger charge is -2.44. The zero-order chi connectivity index (χ0) is 21.8. The van der Waals surface area contributed by atoms with Crippen molar-refractivity contribution in [3.05, 3.63) is 79.3 Å². The van der Waals surface area contributed by atoms with Gasteiger partial charge in [-0.15, -0.1) is 0 Å². The Morgan fingerprint density at radius 2 is 1.94 bits per heavy atom. The molecule has 3 aromatic rings. The second-order valence-electron chi connectivity index (χ2n) is 7.59. The highest BCUT2D eigenvalue weighted by Crippen LogP contribution is 2.47. The number of hydrogen-bond acceptors (Lipinski definition) is 7. The van der Waals surface area contributed by atoms with Crippen LogP contribution in [0.5, 0.6) is 11.5 Å². The van der Waals surface area contributed by atoms with Gasteiger partial charge in [0.15, 0.2) is 4.80 Å². The van der Waals surface area contributed by atoms with Gasteiger partial charge in [0, 0.05) is 5.56 Å². The molecule has 0 aliphatic carbocycles. The molecule has 2 bridgehead atoms. The third-order valence-corrected chi connectivity index (χ3v) is 6.73. The maximum Gasteiger partial charge on any atom is 0.317 e. The first-order valence-electron chi connectivity index (χ1n) is 9.78. The quantitative estimate of drug-likeness (QED) is 0.586. The van der Waals surface area contributed by atoms with Crippen molar-refractivity contribution in [1.29, 1.82) is 0 Å². The Hall–Kier alpha value is -3.39. The Morgan fingerprint density at radius 1 is 1.19 bits per heavy atom. The second kappa shape index (κ2) is 7.09. The van der Waals surface area contributed by atoms with Crippen molar-refractivity contribution in [3.63, 3.8) is 0 Å². The summed E-state index contributed by atoms with van der Waals surface area (Å²) in [5.41, 5.74) is 0.271. The Balaban J connectivity index is 1.75. The summed E-state index contributed by atoms with van der Waals surface area (Å²) in [6.45, 7) is 1.76. The highest BCUT2D eigenvalue weighted by molar-refractivity contribution is 7.07. The van der Waals surface area contributed by atoms with Crippen LogP contribution in [0.1, 0.15) is 24.1 Å². The Kier molecular flexibility index (Phi) is 4.48. The van der Waals surface area contributed by atoms with Crippen molar-refractivity contribution in [3.8, 4) is 11.5 Å². The summed E-state index contributed by atoms with van der Waals surface area (Å²) in [5, 5.41) is 0. The van der Waals surface area contributed by atoms with Gasteiger partial charge < -0.3 is 14.2 Å². The number of ether oxygens (including phenoxy) is 3. The van der Waals surface area contributed by atoms with Crippen LogP contribution >= 0.6 is 11.3 Å². The van der Waals surface area contributed by atoms with Crippen LogP contribution in [-0.2, 0) is 9.53 Å². The molecule has 0 fully saturated rings. The van der Waals surface area contributed by atoms with Gasteiger partial charge in [-0.3, -0.25) is 14.2 Å². The minimum atomic E-state index is -1.17. The van der Waals surface area contributed by atoms with Crippen LogP contribution in [0.15, 0.2) is 58.3 Å². The number of benzene rings is 2. The molecule has 3 heterocycles. The maximum absolute atomic E-state index is 13.5. The first-order valence-corrected chi connectivity index (χ1v) is 10.6. The van der Waals surface area contributed by atoms with Gasteiger partial charge >= 0.3 is 5.97 Å². The van der Waals surface area contributed by atoms with Crippen molar-refractivity contribution >= 4 is 23.4 Å². The fraction of sp³-hybridized carbons (Fsp3) is 0.261. The number of nitrogens with zero attached hydrogens (tertiary/aromatic N) is 2. The monoisotopic (exact) mass is 436 g/mol. The topological polar surface area (TPSA) is 79.1 Å². The number of thiazole rings is 1. The smallest absolute Gasteiger partial charge is 0.317 e. The first kappa shape index (κ1) is 19.6. The maximum atomic E-state index is 13.5. The van der Waals surface area contributed by atoms with E-state index < -0.39 is 23.7 Å². The summed E-state index contributed by atoms with van der Waals surface area (Å²) >= 11 is 1.28. The number of fused-ring (bicyclic) bond motifs is 6. The van der Waals surface area contributed by atoms with Crippen LogP contribution in [0.25, 0.3) is 6.08 Å². The van der Waals surface area contributed by atoms with Gasteiger partial charge in [0.1, 0.15) is 17.4 Å². The van der Waals surface area contributed by atoms with E-state index in [1.54, 1.807) is 18.6 Å². The van der Waals surface area contributed by atoms with Gasteiger partial charge in [0.25, 0.3) is 5.56 Å². The molecule has 0 N–H and O–H groups in total. The first-order chi connectivity index (χ1) is 14.9. The predicted molar refractivity (Wildman–Crippen MR) is 115 cm³/mol. The van der Waals surface area contributed by atoms with Crippen LogP contribution in [0, 0.1) is 5.92 Å². The lowest BCUT2D eigenvalue weighted by Crippen LogP contribution is -2.58. The van der Waals surface area contributed by atoms with Gasteiger partial charge in [0.05, 0.1) is 24.8 Å². The van der Waals surface area contributed by atoms with Gasteiger partial charge in [-0.05, 0) is 36.8 Å². The normalized spacial score (nSPS) is 23.8. The summed E-state index contributed by atoms with van der Waals surface area (Å²) in [5.74, 6) is 0.116. The Bertz CT molecular complexity index is 1360. The van der Waals surface area contributed by atoms with Crippen LogP contribution in [0.4, 0.5) is 0 Å². The lowest BCUT2D eigenvalue weighted by atomic mass is 9.81. The largest absolute Gasteiger partial charge is 0.497 e. The van der Waals surface area contributed by atoms with E-state index >= 15 is 0 Å².